The van der Waals surface area contributed by atoms with Crippen molar-refractivity contribution in [3.8, 4) is 0 Å². The van der Waals surface area contributed by atoms with Crippen LogP contribution in [0.1, 0.15) is 6.42 Å². The Morgan fingerprint density at radius 3 is 2.76 bits per heavy atom. The van der Waals surface area contributed by atoms with E-state index in [-0.39, 0.29) is 36.1 Å². The molecule has 17 heavy (non-hydrogen) atoms. The van der Waals surface area contributed by atoms with Crippen LogP contribution >= 0.6 is 24.2 Å². The Morgan fingerprint density at radius 2 is 2.24 bits per heavy atom. The first-order chi connectivity index (χ1) is 7.65. The Hall–Kier alpha value is -0.460. The van der Waals surface area contributed by atoms with E-state index < -0.39 is 6.04 Å². The molecule has 0 spiro atoms. The highest BCUT2D eigenvalue weighted by molar-refractivity contribution is 7.99. The van der Waals surface area contributed by atoms with Gasteiger partial charge in [0.05, 0.1) is 11.9 Å². The van der Waals surface area contributed by atoms with E-state index in [0.29, 0.717) is 0 Å². The molecule has 3 unspecified atom stereocenters. The number of nitrogens with zero attached hydrogens (tertiary/aromatic N) is 1. The van der Waals surface area contributed by atoms with Gasteiger partial charge in [-0.3, -0.25) is 9.59 Å². The number of nitrogens with one attached hydrogen (secondary N) is 1. The molecule has 3 N–H and O–H groups in total. The standard InChI is InChI=1S/C10H17N3O2S.ClH/c1-12-9(14)7-4-6(7)8(11)10(15)13-2-3-16-5-13;/h6-8H,2-5,11H2,1H3,(H,12,14);1H. The molecule has 7 heteroatoms. The Bertz CT molecular complexity index is 310. The van der Waals surface area contributed by atoms with Gasteiger partial charge >= 0.3 is 0 Å². The second-order valence-corrected chi connectivity index (χ2v) is 5.36. The van der Waals surface area contributed by atoms with E-state index in [1.807, 2.05) is 0 Å². The zero-order chi connectivity index (χ0) is 11.7. The maximum absolute atomic E-state index is 11.9. The highest BCUT2D eigenvalue weighted by Gasteiger charge is 2.49. The van der Waals surface area contributed by atoms with E-state index in [1.165, 1.54) is 0 Å². The number of carbonyl (C=O) groups excluding carboxylic acids is 2. The van der Waals surface area contributed by atoms with Crippen LogP contribution in [0.4, 0.5) is 0 Å². The number of halogens is 1. The summed E-state index contributed by atoms with van der Waals surface area (Å²) in [7, 11) is 1.61. The van der Waals surface area contributed by atoms with Gasteiger partial charge in [0.15, 0.2) is 0 Å². The molecule has 98 valence electrons. The Balaban J connectivity index is 0.00000144. The fourth-order valence-corrected chi connectivity index (χ4v) is 3.04. The Morgan fingerprint density at radius 1 is 1.53 bits per heavy atom. The number of hydrogen-bond acceptors (Lipinski definition) is 4. The van der Waals surface area contributed by atoms with Gasteiger partial charge in [0.2, 0.25) is 11.8 Å². The van der Waals surface area contributed by atoms with Gasteiger partial charge in [0.1, 0.15) is 0 Å². The lowest BCUT2D eigenvalue weighted by Gasteiger charge is -2.19. The lowest BCUT2D eigenvalue weighted by atomic mass is 10.1. The first-order valence-corrected chi connectivity index (χ1v) is 6.64. The fourth-order valence-electron chi connectivity index (χ4n) is 2.08. The van der Waals surface area contributed by atoms with Crippen LogP contribution < -0.4 is 11.1 Å². The molecule has 1 heterocycles. The van der Waals surface area contributed by atoms with Crippen molar-refractivity contribution in [2.24, 2.45) is 17.6 Å². The van der Waals surface area contributed by atoms with Crippen molar-refractivity contribution in [3.05, 3.63) is 0 Å². The van der Waals surface area contributed by atoms with E-state index in [1.54, 1.807) is 23.7 Å². The molecule has 0 bridgehead atoms. The van der Waals surface area contributed by atoms with Crippen molar-refractivity contribution >= 4 is 36.0 Å². The van der Waals surface area contributed by atoms with Crippen LogP contribution in [0.25, 0.3) is 0 Å². The smallest absolute Gasteiger partial charge is 0.240 e. The molecule has 3 atom stereocenters. The molecule has 0 radical (unpaired) electrons. The first kappa shape index (κ1) is 14.6. The Labute approximate surface area is 111 Å². The highest BCUT2D eigenvalue weighted by Crippen LogP contribution is 2.41. The maximum atomic E-state index is 11.9. The van der Waals surface area contributed by atoms with Crippen LogP contribution in [0, 0.1) is 11.8 Å². The minimum Gasteiger partial charge on any atom is -0.359 e. The normalized spacial score (nSPS) is 28.2. The zero-order valence-corrected chi connectivity index (χ0v) is 11.4. The van der Waals surface area contributed by atoms with Gasteiger partial charge < -0.3 is 16.0 Å². The third-order valence-electron chi connectivity index (χ3n) is 3.23. The van der Waals surface area contributed by atoms with Crippen LogP contribution in [0.5, 0.6) is 0 Å². The van der Waals surface area contributed by atoms with Crippen molar-refractivity contribution in [1.82, 2.24) is 10.2 Å². The number of nitrogens with two attached hydrogens (primary N) is 1. The molecular weight excluding hydrogens is 262 g/mol. The third kappa shape index (κ3) is 3.05. The molecule has 2 aliphatic rings. The van der Waals surface area contributed by atoms with Crippen molar-refractivity contribution < 1.29 is 9.59 Å². The van der Waals surface area contributed by atoms with Crippen LogP contribution in [0.15, 0.2) is 0 Å². The summed E-state index contributed by atoms with van der Waals surface area (Å²) in [6, 6.07) is -0.499. The van der Waals surface area contributed by atoms with E-state index in [0.717, 1.165) is 24.6 Å². The van der Waals surface area contributed by atoms with Crippen LogP contribution in [0.3, 0.4) is 0 Å². The molecule has 1 aliphatic heterocycles. The molecule has 2 amide bonds. The summed E-state index contributed by atoms with van der Waals surface area (Å²) in [6.07, 6.45) is 0.744. The summed E-state index contributed by atoms with van der Waals surface area (Å²) in [6.45, 7) is 0.786. The summed E-state index contributed by atoms with van der Waals surface area (Å²) in [5.41, 5.74) is 5.90. The summed E-state index contributed by atoms with van der Waals surface area (Å²) in [4.78, 5) is 25.1. The minimum absolute atomic E-state index is 0. The lowest BCUT2D eigenvalue weighted by molar-refractivity contribution is -0.131. The van der Waals surface area contributed by atoms with Crippen LogP contribution in [-0.2, 0) is 9.59 Å². The van der Waals surface area contributed by atoms with Gasteiger partial charge in [-0.1, -0.05) is 0 Å². The van der Waals surface area contributed by atoms with Crippen LogP contribution in [-0.4, -0.2) is 48.0 Å². The third-order valence-corrected chi connectivity index (χ3v) is 4.20. The molecule has 5 nitrogen and oxygen atoms in total. The molecule has 0 aromatic carbocycles. The second kappa shape index (κ2) is 5.93. The number of thioether (sulfide) groups is 1. The predicted molar refractivity (Wildman–Crippen MR) is 69.9 cm³/mol. The maximum Gasteiger partial charge on any atom is 0.240 e. The summed E-state index contributed by atoms with van der Waals surface area (Å²) in [5, 5.41) is 2.60. The van der Waals surface area contributed by atoms with Crippen LogP contribution in [0.2, 0.25) is 0 Å². The van der Waals surface area contributed by atoms with Crippen molar-refractivity contribution in [2.75, 3.05) is 25.2 Å². The molecule has 1 aliphatic carbocycles. The number of hydrogen-bond donors (Lipinski definition) is 2. The molecule has 2 fully saturated rings. The van der Waals surface area contributed by atoms with Gasteiger partial charge in [0, 0.05) is 25.3 Å². The van der Waals surface area contributed by atoms with Gasteiger partial charge in [-0.2, -0.15) is 0 Å². The minimum atomic E-state index is -0.499. The zero-order valence-electron chi connectivity index (χ0n) is 9.72. The van der Waals surface area contributed by atoms with Crippen molar-refractivity contribution in [1.29, 1.82) is 0 Å². The average molecular weight is 280 g/mol. The number of amides is 2. The molecule has 0 aromatic rings. The monoisotopic (exact) mass is 279 g/mol. The molecule has 1 saturated heterocycles. The number of rotatable bonds is 3. The SMILES string of the molecule is CNC(=O)C1CC1C(N)C(=O)N1CCSC1.Cl. The highest BCUT2D eigenvalue weighted by atomic mass is 35.5. The Kier molecular flexibility index (Phi) is 5.09. The van der Waals surface area contributed by atoms with Gasteiger partial charge in [-0.05, 0) is 12.3 Å². The van der Waals surface area contributed by atoms with E-state index >= 15 is 0 Å². The van der Waals surface area contributed by atoms with Crippen molar-refractivity contribution in [3.63, 3.8) is 0 Å². The van der Waals surface area contributed by atoms with Gasteiger partial charge in [0.25, 0.3) is 0 Å². The molecular formula is C10H18ClN3O2S. The summed E-state index contributed by atoms with van der Waals surface area (Å²) >= 11 is 1.74. The van der Waals surface area contributed by atoms with Gasteiger partial charge in [-0.15, -0.1) is 24.2 Å². The fraction of sp³-hybridized carbons (Fsp3) is 0.800. The predicted octanol–water partition coefficient (Wildman–Crippen LogP) is -0.350. The molecule has 1 saturated carbocycles. The van der Waals surface area contributed by atoms with E-state index in [2.05, 4.69) is 5.32 Å². The largest absolute Gasteiger partial charge is 0.359 e. The second-order valence-electron chi connectivity index (χ2n) is 4.29. The molecule has 2 rings (SSSR count). The first-order valence-electron chi connectivity index (χ1n) is 5.49. The summed E-state index contributed by atoms with van der Waals surface area (Å²) in [5.74, 6) is 1.72. The topological polar surface area (TPSA) is 75.4 Å². The van der Waals surface area contributed by atoms with E-state index in [9.17, 15) is 9.59 Å². The quantitative estimate of drug-likeness (QED) is 0.741. The molecule has 0 aromatic heterocycles. The average Bonchev–Trinajstić information content (AvgIpc) is 2.91. The number of carbonyl (C=O) groups is 2. The van der Waals surface area contributed by atoms with E-state index in [4.69, 9.17) is 5.73 Å². The van der Waals surface area contributed by atoms with Gasteiger partial charge in [-0.25, -0.2) is 0 Å². The lowest BCUT2D eigenvalue weighted by Crippen LogP contribution is -2.44. The summed E-state index contributed by atoms with van der Waals surface area (Å²) < 4.78 is 0. The van der Waals surface area contributed by atoms with Crippen molar-refractivity contribution in [2.45, 2.75) is 12.5 Å².